The Bertz CT molecular complexity index is 443. The highest BCUT2D eigenvalue weighted by Gasteiger charge is 2.39. The third-order valence-corrected chi connectivity index (χ3v) is 4.30. The van der Waals surface area contributed by atoms with Crippen LogP contribution in [0.3, 0.4) is 0 Å². The number of aromatic nitrogens is 2. The van der Waals surface area contributed by atoms with Gasteiger partial charge in [0, 0.05) is 6.20 Å². The van der Waals surface area contributed by atoms with Crippen molar-refractivity contribution in [1.82, 2.24) is 9.78 Å². The molecule has 0 aliphatic heterocycles. The number of esters is 1. The summed E-state index contributed by atoms with van der Waals surface area (Å²) in [5.41, 5.74) is 5.48. The second-order valence-electron chi connectivity index (χ2n) is 5.56. The molecule has 2 saturated carbocycles. The smallest absolute Gasteiger partial charge is 0.327 e. The van der Waals surface area contributed by atoms with Gasteiger partial charge in [-0.25, -0.2) is 0 Å². The summed E-state index contributed by atoms with van der Waals surface area (Å²) in [6, 6.07) is 1.67. The van der Waals surface area contributed by atoms with Crippen LogP contribution < -0.4 is 5.73 Å². The standard InChI is InChI=1S/C13H19N3O2/c14-12-3-4-16(15-12)7-13(17)18-8-11-6-9-1-2-10(11)5-9/h3-4,9-11H,1-2,5-8H2,(H2,14,15). The van der Waals surface area contributed by atoms with E-state index in [2.05, 4.69) is 5.10 Å². The zero-order valence-electron chi connectivity index (χ0n) is 10.4. The molecule has 1 aromatic rings. The lowest BCUT2D eigenvalue weighted by Crippen LogP contribution is -2.21. The Kier molecular flexibility index (Phi) is 2.97. The van der Waals surface area contributed by atoms with Crippen molar-refractivity contribution < 1.29 is 9.53 Å². The molecule has 0 radical (unpaired) electrons. The van der Waals surface area contributed by atoms with Crippen LogP contribution in [-0.4, -0.2) is 22.4 Å². The van der Waals surface area contributed by atoms with Crippen molar-refractivity contribution in [1.29, 1.82) is 0 Å². The van der Waals surface area contributed by atoms with Gasteiger partial charge in [-0.1, -0.05) is 6.42 Å². The van der Waals surface area contributed by atoms with Crippen LogP contribution in [0.1, 0.15) is 25.7 Å². The van der Waals surface area contributed by atoms with E-state index in [0.29, 0.717) is 18.3 Å². The molecule has 0 aromatic carbocycles. The molecule has 3 rings (SSSR count). The van der Waals surface area contributed by atoms with Crippen LogP contribution in [0.15, 0.2) is 12.3 Å². The molecule has 1 heterocycles. The van der Waals surface area contributed by atoms with Gasteiger partial charge in [-0.2, -0.15) is 5.10 Å². The van der Waals surface area contributed by atoms with E-state index in [1.807, 2.05) is 0 Å². The molecule has 2 aliphatic carbocycles. The van der Waals surface area contributed by atoms with Crippen LogP contribution in [0.4, 0.5) is 5.82 Å². The van der Waals surface area contributed by atoms with Crippen molar-refractivity contribution in [2.24, 2.45) is 17.8 Å². The minimum Gasteiger partial charge on any atom is -0.464 e. The van der Waals surface area contributed by atoms with E-state index in [4.69, 9.17) is 10.5 Å². The van der Waals surface area contributed by atoms with Gasteiger partial charge in [0.15, 0.2) is 0 Å². The number of carbonyl (C=O) groups is 1. The summed E-state index contributed by atoms with van der Waals surface area (Å²) in [4.78, 5) is 11.7. The van der Waals surface area contributed by atoms with Crippen molar-refractivity contribution >= 4 is 11.8 Å². The zero-order valence-corrected chi connectivity index (χ0v) is 10.4. The number of ether oxygens (including phenoxy) is 1. The van der Waals surface area contributed by atoms with Crippen molar-refractivity contribution in [3.05, 3.63) is 12.3 Å². The molecule has 98 valence electrons. The number of rotatable bonds is 4. The van der Waals surface area contributed by atoms with Crippen molar-refractivity contribution in [3.63, 3.8) is 0 Å². The lowest BCUT2D eigenvalue weighted by atomic mass is 9.90. The maximum absolute atomic E-state index is 11.7. The first-order valence-corrected chi connectivity index (χ1v) is 6.65. The van der Waals surface area contributed by atoms with Gasteiger partial charge >= 0.3 is 5.97 Å². The van der Waals surface area contributed by atoms with Crippen LogP contribution in [0.2, 0.25) is 0 Å². The van der Waals surface area contributed by atoms with Crippen LogP contribution in [0, 0.1) is 17.8 Å². The quantitative estimate of drug-likeness (QED) is 0.820. The fourth-order valence-corrected chi connectivity index (χ4v) is 3.42. The van der Waals surface area contributed by atoms with Crippen LogP contribution in [0.25, 0.3) is 0 Å². The van der Waals surface area contributed by atoms with Gasteiger partial charge in [0.2, 0.25) is 0 Å². The van der Waals surface area contributed by atoms with E-state index >= 15 is 0 Å². The highest BCUT2D eigenvalue weighted by molar-refractivity contribution is 5.69. The lowest BCUT2D eigenvalue weighted by molar-refractivity contribution is -0.146. The number of nitrogen functional groups attached to an aromatic ring is 1. The lowest BCUT2D eigenvalue weighted by Gasteiger charge is -2.21. The number of fused-ring (bicyclic) bond motifs is 2. The minimum atomic E-state index is -0.221. The van der Waals surface area contributed by atoms with E-state index < -0.39 is 0 Å². The Hall–Kier alpha value is -1.52. The summed E-state index contributed by atoms with van der Waals surface area (Å²) in [6.07, 6.45) is 6.98. The monoisotopic (exact) mass is 249 g/mol. The number of anilines is 1. The molecule has 18 heavy (non-hydrogen) atoms. The summed E-state index contributed by atoms with van der Waals surface area (Å²) in [7, 11) is 0. The topological polar surface area (TPSA) is 70.1 Å². The summed E-state index contributed by atoms with van der Waals surface area (Å²) in [6.45, 7) is 0.731. The second-order valence-corrected chi connectivity index (χ2v) is 5.56. The third kappa shape index (κ3) is 2.35. The number of hydrogen-bond acceptors (Lipinski definition) is 4. The number of hydrogen-bond donors (Lipinski definition) is 1. The van der Waals surface area contributed by atoms with Crippen molar-refractivity contribution in [2.45, 2.75) is 32.2 Å². The van der Waals surface area contributed by atoms with Gasteiger partial charge in [0.05, 0.1) is 6.61 Å². The first-order valence-electron chi connectivity index (χ1n) is 6.65. The van der Waals surface area contributed by atoms with Gasteiger partial charge in [-0.3, -0.25) is 9.48 Å². The molecule has 0 saturated heterocycles. The Morgan fingerprint density at radius 3 is 3.00 bits per heavy atom. The zero-order chi connectivity index (χ0) is 12.5. The average Bonchev–Trinajstić information content (AvgIpc) is 3.03. The van der Waals surface area contributed by atoms with Gasteiger partial charge in [-0.15, -0.1) is 0 Å². The number of nitrogens with two attached hydrogens (primary N) is 1. The molecule has 0 amide bonds. The highest BCUT2D eigenvalue weighted by Crippen LogP contribution is 2.48. The number of nitrogens with zero attached hydrogens (tertiary/aromatic N) is 2. The summed E-state index contributed by atoms with van der Waals surface area (Å²) < 4.78 is 6.86. The molecule has 5 nitrogen and oxygen atoms in total. The predicted octanol–water partition coefficient (Wildman–Crippen LogP) is 1.44. The normalized spacial score (nSPS) is 29.7. The van der Waals surface area contributed by atoms with Gasteiger partial charge in [-0.05, 0) is 43.1 Å². The maximum Gasteiger partial charge on any atom is 0.327 e. The SMILES string of the molecule is Nc1ccn(CC(=O)OCC2CC3CCC2C3)n1. The third-order valence-electron chi connectivity index (χ3n) is 4.30. The molecule has 3 atom stereocenters. The molecule has 3 unspecified atom stereocenters. The summed E-state index contributed by atoms with van der Waals surface area (Å²) >= 11 is 0. The van der Waals surface area contributed by atoms with E-state index in [9.17, 15) is 4.79 Å². The van der Waals surface area contributed by atoms with E-state index in [1.54, 1.807) is 12.3 Å². The maximum atomic E-state index is 11.7. The first kappa shape index (κ1) is 11.6. The molecule has 5 heteroatoms. The minimum absolute atomic E-state index is 0.151. The Morgan fingerprint density at radius 2 is 2.39 bits per heavy atom. The Morgan fingerprint density at radius 1 is 1.50 bits per heavy atom. The Labute approximate surface area is 106 Å². The summed E-state index contributed by atoms with van der Waals surface area (Å²) in [5.74, 6) is 2.49. The highest BCUT2D eigenvalue weighted by atomic mass is 16.5. The molecule has 2 N–H and O–H groups in total. The van der Waals surface area contributed by atoms with E-state index in [-0.39, 0.29) is 12.5 Å². The largest absolute Gasteiger partial charge is 0.464 e. The van der Waals surface area contributed by atoms with Crippen LogP contribution in [0.5, 0.6) is 0 Å². The number of carbonyl (C=O) groups excluding carboxylic acids is 1. The van der Waals surface area contributed by atoms with Gasteiger partial charge in [0.25, 0.3) is 0 Å². The second kappa shape index (κ2) is 4.63. The predicted molar refractivity (Wildman–Crippen MR) is 66.5 cm³/mol. The van der Waals surface area contributed by atoms with Crippen LogP contribution in [-0.2, 0) is 16.1 Å². The van der Waals surface area contributed by atoms with E-state index in [0.717, 1.165) is 11.8 Å². The van der Waals surface area contributed by atoms with Gasteiger partial charge in [0.1, 0.15) is 12.4 Å². The molecular formula is C13H19N3O2. The molecular weight excluding hydrogens is 230 g/mol. The Balaban J connectivity index is 1.44. The summed E-state index contributed by atoms with van der Waals surface area (Å²) in [5, 5.41) is 3.96. The molecule has 0 spiro atoms. The molecule has 2 bridgehead atoms. The fraction of sp³-hybridized carbons (Fsp3) is 0.692. The molecule has 2 aliphatic rings. The van der Waals surface area contributed by atoms with Crippen molar-refractivity contribution in [2.75, 3.05) is 12.3 Å². The van der Waals surface area contributed by atoms with Crippen LogP contribution >= 0.6 is 0 Å². The van der Waals surface area contributed by atoms with Crippen molar-refractivity contribution in [3.8, 4) is 0 Å². The molecule has 2 fully saturated rings. The van der Waals surface area contributed by atoms with Gasteiger partial charge < -0.3 is 10.5 Å². The average molecular weight is 249 g/mol. The van der Waals surface area contributed by atoms with E-state index in [1.165, 1.54) is 30.4 Å². The fourth-order valence-electron chi connectivity index (χ4n) is 3.42. The first-order chi connectivity index (χ1) is 8.70. The molecule has 1 aromatic heterocycles.